The fraction of sp³-hybridized carbons (Fsp3) is 0. The van der Waals surface area contributed by atoms with Crippen LogP contribution in [0.2, 0.25) is 0 Å². The first-order valence-corrected chi connectivity index (χ1v) is 6.43. The average Bonchev–Trinajstić information content (AvgIpc) is 2.46. The minimum atomic E-state index is -1.67. The summed E-state index contributed by atoms with van der Waals surface area (Å²) in [7, 11) is 0. The number of rotatable bonds is 1. The van der Waals surface area contributed by atoms with Crippen molar-refractivity contribution in [3.63, 3.8) is 0 Å². The molecular formula is C18H10F2. The van der Waals surface area contributed by atoms with Crippen molar-refractivity contribution >= 4 is 38.4 Å². The predicted octanol–water partition coefficient (Wildman–Crippen LogP) is 5.82. The Labute approximate surface area is 114 Å². The number of hydrogen-bond donors (Lipinski definition) is 0. The number of halogens is 2. The maximum absolute atomic E-state index is 12.6. The molecule has 0 fully saturated rings. The standard InChI is InChI=1S/C18H10F2/c19-16(20)10-14-7-6-13-5-4-11-2-1-3-12-8-9-15(14)18(13)17(11)12/h1-10H. The maximum Gasteiger partial charge on any atom is 0.270 e. The molecule has 0 amide bonds. The fourth-order valence-electron chi connectivity index (χ4n) is 3.00. The average molecular weight is 264 g/mol. The van der Waals surface area contributed by atoms with Gasteiger partial charge in [-0.1, -0.05) is 54.6 Å². The van der Waals surface area contributed by atoms with Gasteiger partial charge >= 0.3 is 0 Å². The molecule has 0 saturated carbocycles. The Morgan fingerprint density at radius 2 is 1.30 bits per heavy atom. The van der Waals surface area contributed by atoms with Gasteiger partial charge in [0, 0.05) is 6.08 Å². The van der Waals surface area contributed by atoms with E-state index in [0.29, 0.717) is 5.56 Å². The highest BCUT2D eigenvalue weighted by atomic mass is 19.3. The molecule has 0 spiro atoms. The van der Waals surface area contributed by atoms with Crippen molar-refractivity contribution in [2.45, 2.75) is 0 Å². The first-order chi connectivity index (χ1) is 9.74. The van der Waals surface area contributed by atoms with E-state index in [1.807, 2.05) is 30.3 Å². The summed E-state index contributed by atoms with van der Waals surface area (Å²) in [5, 5.41) is 6.46. The summed E-state index contributed by atoms with van der Waals surface area (Å²) in [5.41, 5.74) is 0.566. The van der Waals surface area contributed by atoms with Crippen LogP contribution < -0.4 is 0 Å². The molecule has 4 rings (SSSR count). The third-order valence-electron chi connectivity index (χ3n) is 3.83. The van der Waals surface area contributed by atoms with Gasteiger partial charge in [-0.15, -0.1) is 0 Å². The Bertz CT molecular complexity index is 947. The summed E-state index contributed by atoms with van der Waals surface area (Å²) in [6.45, 7) is 0. The molecule has 4 aromatic rings. The molecule has 0 N–H and O–H groups in total. The quantitative estimate of drug-likeness (QED) is 0.380. The normalized spacial score (nSPS) is 11.5. The van der Waals surface area contributed by atoms with Crippen LogP contribution in [0.1, 0.15) is 5.56 Å². The van der Waals surface area contributed by atoms with E-state index >= 15 is 0 Å². The number of hydrogen-bond acceptors (Lipinski definition) is 0. The van der Waals surface area contributed by atoms with Crippen molar-refractivity contribution in [2.75, 3.05) is 0 Å². The van der Waals surface area contributed by atoms with Crippen molar-refractivity contribution in [3.05, 3.63) is 66.2 Å². The molecule has 96 valence electrons. The Hall–Kier alpha value is -2.48. The largest absolute Gasteiger partial charge is 0.270 e. The third-order valence-corrected chi connectivity index (χ3v) is 3.83. The fourth-order valence-corrected chi connectivity index (χ4v) is 3.00. The van der Waals surface area contributed by atoms with Gasteiger partial charge in [-0.2, -0.15) is 8.78 Å². The SMILES string of the molecule is FC(F)=Cc1ccc2ccc3cccc4ccc1c2c34. The van der Waals surface area contributed by atoms with Gasteiger partial charge in [0.25, 0.3) is 6.08 Å². The molecule has 0 aliphatic carbocycles. The topological polar surface area (TPSA) is 0 Å². The van der Waals surface area contributed by atoms with Crippen molar-refractivity contribution in [1.82, 2.24) is 0 Å². The summed E-state index contributed by atoms with van der Waals surface area (Å²) in [5.74, 6) is 0. The van der Waals surface area contributed by atoms with Crippen LogP contribution in [-0.4, -0.2) is 0 Å². The van der Waals surface area contributed by atoms with Crippen LogP contribution in [0.15, 0.2) is 60.7 Å². The summed E-state index contributed by atoms with van der Waals surface area (Å²) >= 11 is 0. The monoisotopic (exact) mass is 264 g/mol. The van der Waals surface area contributed by atoms with Gasteiger partial charge in [-0.25, -0.2) is 0 Å². The minimum absolute atomic E-state index is 0.566. The van der Waals surface area contributed by atoms with E-state index in [0.717, 1.165) is 38.4 Å². The summed E-state index contributed by atoms with van der Waals surface area (Å²) in [4.78, 5) is 0. The third kappa shape index (κ3) is 1.51. The predicted molar refractivity (Wildman–Crippen MR) is 80.3 cm³/mol. The minimum Gasteiger partial charge on any atom is -0.173 e. The lowest BCUT2D eigenvalue weighted by Crippen LogP contribution is -1.86. The van der Waals surface area contributed by atoms with E-state index in [1.165, 1.54) is 0 Å². The van der Waals surface area contributed by atoms with Crippen LogP contribution in [0.3, 0.4) is 0 Å². The van der Waals surface area contributed by atoms with Crippen LogP contribution in [0.5, 0.6) is 0 Å². The van der Waals surface area contributed by atoms with E-state index in [9.17, 15) is 8.78 Å². The number of benzene rings is 4. The molecule has 0 unspecified atom stereocenters. The molecule has 0 saturated heterocycles. The molecule has 20 heavy (non-hydrogen) atoms. The molecule has 0 aliphatic rings. The molecule has 4 aromatic carbocycles. The zero-order valence-electron chi connectivity index (χ0n) is 10.5. The molecule has 0 radical (unpaired) electrons. The van der Waals surface area contributed by atoms with E-state index in [2.05, 4.69) is 18.2 Å². The van der Waals surface area contributed by atoms with Gasteiger partial charge in [0.15, 0.2) is 0 Å². The van der Waals surface area contributed by atoms with Crippen LogP contribution in [0.25, 0.3) is 38.4 Å². The van der Waals surface area contributed by atoms with Gasteiger partial charge in [-0.05, 0) is 37.9 Å². The Balaban J connectivity index is 2.29. The Morgan fingerprint density at radius 1 is 0.700 bits per heavy atom. The molecule has 2 heteroatoms. The van der Waals surface area contributed by atoms with Crippen LogP contribution in [0, 0.1) is 0 Å². The summed E-state index contributed by atoms with van der Waals surface area (Å²) in [6.07, 6.45) is -0.730. The molecule has 0 bridgehead atoms. The van der Waals surface area contributed by atoms with Crippen LogP contribution in [-0.2, 0) is 0 Å². The van der Waals surface area contributed by atoms with Gasteiger partial charge in [0.05, 0.1) is 0 Å². The molecule has 0 aromatic heterocycles. The first kappa shape index (κ1) is 11.4. The van der Waals surface area contributed by atoms with E-state index in [4.69, 9.17) is 0 Å². The molecule has 0 heterocycles. The van der Waals surface area contributed by atoms with E-state index in [1.54, 1.807) is 6.07 Å². The zero-order valence-corrected chi connectivity index (χ0v) is 10.5. The zero-order chi connectivity index (χ0) is 13.7. The Morgan fingerprint density at radius 3 is 2.00 bits per heavy atom. The Kier molecular flexibility index (Phi) is 2.27. The molecule has 0 aliphatic heterocycles. The van der Waals surface area contributed by atoms with Crippen LogP contribution >= 0.6 is 0 Å². The van der Waals surface area contributed by atoms with Crippen molar-refractivity contribution in [1.29, 1.82) is 0 Å². The lowest BCUT2D eigenvalue weighted by molar-refractivity contribution is 0.429. The highest BCUT2D eigenvalue weighted by Gasteiger charge is 2.10. The highest BCUT2D eigenvalue weighted by Crippen LogP contribution is 2.36. The van der Waals surface area contributed by atoms with Gasteiger partial charge in [-0.3, -0.25) is 0 Å². The second-order valence-electron chi connectivity index (χ2n) is 4.94. The van der Waals surface area contributed by atoms with Crippen molar-refractivity contribution in [3.8, 4) is 0 Å². The molecular weight excluding hydrogens is 254 g/mol. The summed E-state index contributed by atoms with van der Waals surface area (Å²) in [6, 6.07) is 17.8. The van der Waals surface area contributed by atoms with Gasteiger partial charge in [0.2, 0.25) is 0 Å². The van der Waals surface area contributed by atoms with Crippen LogP contribution in [0.4, 0.5) is 8.78 Å². The highest BCUT2D eigenvalue weighted by molar-refractivity contribution is 6.24. The molecule has 0 nitrogen and oxygen atoms in total. The van der Waals surface area contributed by atoms with Crippen molar-refractivity contribution in [2.24, 2.45) is 0 Å². The smallest absolute Gasteiger partial charge is 0.173 e. The lowest BCUT2D eigenvalue weighted by atomic mass is 9.92. The summed E-state index contributed by atoms with van der Waals surface area (Å²) < 4.78 is 25.2. The second kappa shape index (κ2) is 4.01. The van der Waals surface area contributed by atoms with Gasteiger partial charge < -0.3 is 0 Å². The van der Waals surface area contributed by atoms with E-state index in [-0.39, 0.29) is 0 Å². The molecule has 0 atom stereocenters. The second-order valence-corrected chi connectivity index (χ2v) is 4.94. The maximum atomic E-state index is 12.6. The first-order valence-electron chi connectivity index (χ1n) is 6.43. The van der Waals surface area contributed by atoms with Gasteiger partial charge in [0.1, 0.15) is 0 Å². The van der Waals surface area contributed by atoms with E-state index < -0.39 is 6.08 Å². The van der Waals surface area contributed by atoms with Crippen molar-refractivity contribution < 1.29 is 8.78 Å². The lowest BCUT2D eigenvalue weighted by Gasteiger charge is -2.12.